The van der Waals surface area contributed by atoms with Crippen LogP contribution in [0.5, 0.6) is 0 Å². The molecule has 1 heterocycles. The van der Waals surface area contributed by atoms with Crippen molar-refractivity contribution in [3.05, 3.63) is 32.5 Å². The molecule has 2 rings (SSSR count). The molecule has 0 fully saturated rings. The van der Waals surface area contributed by atoms with E-state index in [1.165, 1.54) is 10.9 Å². The molecular weight excluding hydrogens is 286 g/mol. The number of benzene rings is 1. The molecule has 1 aromatic carbocycles. The molecule has 0 spiro atoms. The highest BCUT2D eigenvalue weighted by atomic mass is 127. The number of rotatable bonds is 0. The molecule has 0 radical (unpaired) electrons. The average Bonchev–Trinajstić information content (AvgIpc) is 2.29. The van der Waals surface area contributed by atoms with Crippen LogP contribution in [0.2, 0.25) is 0 Å². The molecule has 0 nitrogen and oxygen atoms in total. The smallest absolute Gasteiger partial charge is 0.132 e. The first-order valence-corrected chi connectivity index (χ1v) is 5.43. The standard InChI is InChI=1S/C9H6FIS/c1-5-9(11)8-6(10)3-2-4-7(8)12-5/h2-4H,1H3. The number of aryl methyl sites for hydroxylation is 1. The van der Waals surface area contributed by atoms with Crippen molar-refractivity contribution in [1.29, 1.82) is 0 Å². The van der Waals surface area contributed by atoms with Crippen LogP contribution in [0.15, 0.2) is 18.2 Å². The molecule has 0 saturated heterocycles. The van der Waals surface area contributed by atoms with E-state index < -0.39 is 0 Å². The molecule has 0 aliphatic rings. The first kappa shape index (κ1) is 8.44. The second kappa shape index (κ2) is 2.96. The molecule has 0 atom stereocenters. The highest BCUT2D eigenvalue weighted by Crippen LogP contribution is 2.33. The van der Waals surface area contributed by atoms with E-state index in [0.29, 0.717) is 0 Å². The summed E-state index contributed by atoms with van der Waals surface area (Å²) < 4.78 is 15.3. The van der Waals surface area contributed by atoms with E-state index in [4.69, 9.17) is 0 Å². The van der Waals surface area contributed by atoms with Crippen molar-refractivity contribution in [2.24, 2.45) is 0 Å². The molecule has 3 heteroatoms. The maximum Gasteiger partial charge on any atom is 0.132 e. The second-order valence-corrected chi connectivity index (χ2v) is 4.92. The Hall–Kier alpha value is -0.160. The molecule has 12 heavy (non-hydrogen) atoms. The van der Waals surface area contributed by atoms with Crippen molar-refractivity contribution in [2.45, 2.75) is 6.92 Å². The maximum absolute atomic E-state index is 13.3. The fourth-order valence-electron chi connectivity index (χ4n) is 1.19. The van der Waals surface area contributed by atoms with Crippen molar-refractivity contribution in [3.8, 4) is 0 Å². The van der Waals surface area contributed by atoms with Gasteiger partial charge in [-0.15, -0.1) is 11.3 Å². The van der Waals surface area contributed by atoms with Gasteiger partial charge in [0.1, 0.15) is 5.82 Å². The monoisotopic (exact) mass is 292 g/mol. The Morgan fingerprint density at radius 1 is 1.42 bits per heavy atom. The zero-order valence-corrected chi connectivity index (χ0v) is 9.37. The van der Waals surface area contributed by atoms with Gasteiger partial charge in [0.25, 0.3) is 0 Å². The van der Waals surface area contributed by atoms with Crippen molar-refractivity contribution < 1.29 is 4.39 Å². The van der Waals surface area contributed by atoms with Gasteiger partial charge in [-0.3, -0.25) is 0 Å². The number of halogens is 2. The van der Waals surface area contributed by atoms with E-state index in [2.05, 4.69) is 22.6 Å². The highest BCUT2D eigenvalue weighted by Gasteiger charge is 2.09. The minimum Gasteiger partial charge on any atom is -0.206 e. The Morgan fingerprint density at radius 3 is 2.83 bits per heavy atom. The summed E-state index contributed by atoms with van der Waals surface area (Å²) in [5.41, 5.74) is 0. The number of fused-ring (bicyclic) bond motifs is 1. The molecular formula is C9H6FIS. The van der Waals surface area contributed by atoms with Gasteiger partial charge >= 0.3 is 0 Å². The van der Waals surface area contributed by atoms with Gasteiger partial charge in [0.2, 0.25) is 0 Å². The minimum absolute atomic E-state index is 0.110. The van der Waals surface area contributed by atoms with E-state index in [0.717, 1.165) is 13.7 Å². The Labute approximate surface area is 87.5 Å². The van der Waals surface area contributed by atoms with Gasteiger partial charge in [-0.05, 0) is 41.6 Å². The third-order valence-electron chi connectivity index (χ3n) is 1.77. The third-order valence-corrected chi connectivity index (χ3v) is 4.55. The van der Waals surface area contributed by atoms with Gasteiger partial charge < -0.3 is 0 Å². The van der Waals surface area contributed by atoms with Crippen molar-refractivity contribution in [3.63, 3.8) is 0 Å². The summed E-state index contributed by atoms with van der Waals surface area (Å²) in [4.78, 5) is 1.19. The summed E-state index contributed by atoms with van der Waals surface area (Å²) in [6.45, 7) is 2.02. The van der Waals surface area contributed by atoms with Gasteiger partial charge in [0, 0.05) is 18.5 Å². The number of thiophene rings is 1. The predicted octanol–water partition coefficient (Wildman–Crippen LogP) is 3.95. The molecule has 0 bridgehead atoms. The summed E-state index contributed by atoms with van der Waals surface area (Å²) in [5, 5.41) is 0.778. The fraction of sp³-hybridized carbons (Fsp3) is 0.111. The van der Waals surface area contributed by atoms with Crippen LogP contribution in [0.4, 0.5) is 4.39 Å². The van der Waals surface area contributed by atoms with Crippen molar-refractivity contribution >= 4 is 44.0 Å². The normalized spacial score (nSPS) is 10.9. The average molecular weight is 292 g/mol. The second-order valence-electron chi connectivity index (χ2n) is 2.59. The molecule has 2 aromatic rings. The van der Waals surface area contributed by atoms with E-state index in [-0.39, 0.29) is 5.82 Å². The van der Waals surface area contributed by atoms with E-state index >= 15 is 0 Å². The lowest BCUT2D eigenvalue weighted by Gasteiger charge is -1.91. The predicted molar refractivity (Wildman–Crippen MR) is 59.2 cm³/mol. The van der Waals surface area contributed by atoms with Crippen LogP contribution in [0, 0.1) is 16.3 Å². The summed E-state index contributed by atoms with van der Waals surface area (Å²) in [5.74, 6) is -0.110. The van der Waals surface area contributed by atoms with Crippen molar-refractivity contribution in [2.75, 3.05) is 0 Å². The summed E-state index contributed by atoms with van der Waals surface area (Å²) >= 11 is 3.84. The van der Waals surface area contributed by atoms with E-state index in [1.54, 1.807) is 17.4 Å². The SMILES string of the molecule is Cc1sc2cccc(F)c2c1I. The van der Waals surface area contributed by atoms with Crippen LogP contribution in [0.1, 0.15) is 4.88 Å². The van der Waals surface area contributed by atoms with Crippen LogP contribution in [-0.2, 0) is 0 Å². The summed E-state index contributed by atoms with van der Waals surface area (Å²) in [6, 6.07) is 5.22. The zero-order chi connectivity index (χ0) is 8.72. The van der Waals surface area contributed by atoms with Gasteiger partial charge in [-0.25, -0.2) is 4.39 Å². The number of hydrogen-bond donors (Lipinski definition) is 0. The topological polar surface area (TPSA) is 0 Å². The molecule has 0 amide bonds. The van der Waals surface area contributed by atoms with Gasteiger partial charge in [-0.2, -0.15) is 0 Å². The van der Waals surface area contributed by atoms with Crippen LogP contribution in [-0.4, -0.2) is 0 Å². The lowest BCUT2D eigenvalue weighted by molar-refractivity contribution is 0.639. The zero-order valence-electron chi connectivity index (χ0n) is 6.40. The fourth-order valence-corrected chi connectivity index (χ4v) is 3.22. The van der Waals surface area contributed by atoms with Crippen LogP contribution in [0.3, 0.4) is 0 Å². The maximum atomic E-state index is 13.3. The third kappa shape index (κ3) is 1.15. The van der Waals surface area contributed by atoms with Crippen molar-refractivity contribution in [1.82, 2.24) is 0 Å². The van der Waals surface area contributed by atoms with E-state index in [1.807, 2.05) is 13.0 Å². The first-order valence-electron chi connectivity index (χ1n) is 3.53. The summed E-state index contributed by atoms with van der Waals surface area (Å²) in [6.07, 6.45) is 0. The molecule has 0 aliphatic heterocycles. The van der Waals surface area contributed by atoms with Crippen LogP contribution in [0.25, 0.3) is 10.1 Å². The molecule has 0 N–H and O–H groups in total. The lowest BCUT2D eigenvalue weighted by Crippen LogP contribution is -1.76. The molecule has 0 saturated carbocycles. The summed E-state index contributed by atoms with van der Waals surface area (Å²) in [7, 11) is 0. The Balaban J connectivity index is 2.97. The minimum atomic E-state index is -0.110. The van der Waals surface area contributed by atoms with Crippen LogP contribution < -0.4 is 0 Å². The Morgan fingerprint density at radius 2 is 2.17 bits per heavy atom. The van der Waals surface area contributed by atoms with Gasteiger partial charge in [-0.1, -0.05) is 6.07 Å². The van der Waals surface area contributed by atoms with Gasteiger partial charge in [0.15, 0.2) is 0 Å². The molecule has 1 aromatic heterocycles. The highest BCUT2D eigenvalue weighted by molar-refractivity contribution is 14.1. The lowest BCUT2D eigenvalue weighted by atomic mass is 10.2. The molecule has 0 aliphatic carbocycles. The first-order chi connectivity index (χ1) is 5.70. The Kier molecular flexibility index (Phi) is 2.08. The number of hydrogen-bond acceptors (Lipinski definition) is 1. The molecule has 0 unspecified atom stereocenters. The van der Waals surface area contributed by atoms with Gasteiger partial charge in [0.05, 0.1) is 0 Å². The van der Waals surface area contributed by atoms with E-state index in [9.17, 15) is 4.39 Å². The largest absolute Gasteiger partial charge is 0.206 e. The quantitative estimate of drug-likeness (QED) is 0.645. The Bertz CT molecular complexity index is 433. The van der Waals surface area contributed by atoms with Crippen LogP contribution >= 0.6 is 33.9 Å². The molecule has 62 valence electrons.